The van der Waals surface area contributed by atoms with Gasteiger partial charge in [-0.05, 0) is 84.6 Å². The molecule has 4 heterocycles. The molecule has 4 aromatic carbocycles. The molecule has 0 unspecified atom stereocenters. The molecule has 2 aliphatic rings. The minimum atomic E-state index is -4.55. The molecule has 0 aliphatic carbocycles. The minimum absolute atomic E-state index is 0.153. The lowest BCUT2D eigenvalue weighted by Crippen LogP contribution is -2.39. The average Bonchev–Trinajstić information content (AvgIpc) is 3.69. The third-order valence-corrected chi connectivity index (χ3v) is 15.3. The Morgan fingerprint density at radius 3 is 2.42 bits per heavy atom. The fourth-order valence-electron chi connectivity index (χ4n) is 7.43. The number of amides is 2. The first-order valence-corrected chi connectivity index (χ1v) is 25.2. The molecule has 2 aromatic heterocycles. The summed E-state index contributed by atoms with van der Waals surface area (Å²) in [6.45, 7) is 4.58. The van der Waals surface area contributed by atoms with E-state index in [1.54, 1.807) is 30.0 Å². The standard InChI is InChI=1S/C44H45N7O7S4/c1-61(54,55)40-27-33(17-18-37(40)45-31(20-21-50-23-25-58-26-24-50)29-59-32-10-3-2-4-11-32)62(56,57)49-43(53)38-14-8-16-41(46-38)51-22-19-30-9-7-12-34(35(30)28-51)42(52)48-44-47-36-13-5-6-15-39(36)60-44/h2-18,27,31,45H,19-26,28-29H2,1H3,(H,49,53)(H,47,48,52)/t31-/m1/s1. The second-order valence-corrected chi connectivity index (χ2v) is 20.8. The molecular formula is C44H45N7O7S4. The number of aromatic nitrogens is 2. The van der Waals surface area contributed by atoms with Crippen LogP contribution in [0.25, 0.3) is 10.2 Å². The first-order valence-electron chi connectivity index (χ1n) is 20.0. The van der Waals surface area contributed by atoms with E-state index in [2.05, 4.69) is 30.2 Å². The van der Waals surface area contributed by atoms with E-state index < -0.39 is 25.8 Å². The summed E-state index contributed by atoms with van der Waals surface area (Å²) in [4.78, 5) is 40.9. The van der Waals surface area contributed by atoms with Gasteiger partial charge in [0.05, 0.1) is 38.9 Å². The number of hydrogen-bond donors (Lipinski definition) is 3. The van der Waals surface area contributed by atoms with Gasteiger partial charge < -0.3 is 15.0 Å². The number of morpholine rings is 1. The van der Waals surface area contributed by atoms with Crippen molar-refractivity contribution in [2.45, 2.75) is 40.1 Å². The molecule has 0 radical (unpaired) electrons. The number of nitrogens with zero attached hydrogens (tertiary/aromatic N) is 4. The minimum Gasteiger partial charge on any atom is -0.380 e. The molecule has 0 bridgehead atoms. The molecular weight excluding hydrogens is 867 g/mol. The highest BCUT2D eigenvalue weighted by molar-refractivity contribution is 7.99. The van der Waals surface area contributed by atoms with Gasteiger partial charge in [-0.3, -0.25) is 19.8 Å². The first kappa shape index (κ1) is 43.3. The van der Waals surface area contributed by atoms with Crippen LogP contribution in [0.2, 0.25) is 0 Å². The maximum Gasteiger partial charge on any atom is 0.283 e. The number of nitrogens with one attached hydrogen (secondary N) is 3. The molecule has 18 heteroatoms. The largest absolute Gasteiger partial charge is 0.380 e. The highest BCUT2D eigenvalue weighted by Crippen LogP contribution is 2.31. The highest BCUT2D eigenvalue weighted by Gasteiger charge is 2.27. The van der Waals surface area contributed by atoms with Gasteiger partial charge >= 0.3 is 0 Å². The Balaban J connectivity index is 0.965. The molecule has 1 atom stereocenters. The van der Waals surface area contributed by atoms with Gasteiger partial charge in [-0.15, -0.1) is 11.8 Å². The topological polar surface area (TPSA) is 180 Å². The zero-order valence-corrected chi connectivity index (χ0v) is 37.1. The van der Waals surface area contributed by atoms with Crippen LogP contribution >= 0.6 is 23.1 Å². The summed E-state index contributed by atoms with van der Waals surface area (Å²) in [7, 11) is -8.48. The zero-order chi connectivity index (χ0) is 43.3. The van der Waals surface area contributed by atoms with Gasteiger partial charge in [-0.1, -0.05) is 59.9 Å². The van der Waals surface area contributed by atoms with E-state index in [4.69, 9.17) is 4.74 Å². The lowest BCUT2D eigenvalue weighted by atomic mass is 9.94. The van der Waals surface area contributed by atoms with E-state index in [9.17, 15) is 26.4 Å². The van der Waals surface area contributed by atoms with Crippen LogP contribution in [0.3, 0.4) is 0 Å². The van der Waals surface area contributed by atoms with Crippen molar-refractivity contribution in [1.29, 1.82) is 0 Å². The van der Waals surface area contributed by atoms with E-state index >= 15 is 0 Å². The van der Waals surface area contributed by atoms with Crippen LogP contribution < -0.4 is 20.3 Å². The number of fused-ring (bicyclic) bond motifs is 2. The van der Waals surface area contributed by atoms with E-state index in [-0.39, 0.29) is 33.1 Å². The van der Waals surface area contributed by atoms with Crippen molar-refractivity contribution in [1.82, 2.24) is 19.6 Å². The normalized spacial score (nSPS) is 15.1. The maximum absolute atomic E-state index is 13.7. The molecule has 0 saturated carbocycles. The molecule has 1 fully saturated rings. The van der Waals surface area contributed by atoms with Gasteiger partial charge in [-0.25, -0.2) is 31.5 Å². The van der Waals surface area contributed by atoms with Crippen LogP contribution in [0.15, 0.2) is 124 Å². The number of rotatable bonds is 15. The average molecular weight is 912 g/mol. The Morgan fingerprint density at radius 2 is 1.63 bits per heavy atom. The van der Waals surface area contributed by atoms with Crippen LogP contribution in [0.1, 0.15) is 38.4 Å². The van der Waals surface area contributed by atoms with Crippen LogP contribution in [0.5, 0.6) is 0 Å². The number of anilines is 3. The zero-order valence-electron chi connectivity index (χ0n) is 33.8. The number of thiazole rings is 1. The molecule has 8 rings (SSSR count). The monoisotopic (exact) mass is 911 g/mol. The summed E-state index contributed by atoms with van der Waals surface area (Å²) in [5.41, 5.74) is 3.25. The third kappa shape index (κ3) is 10.4. The van der Waals surface area contributed by atoms with Crippen molar-refractivity contribution < 1.29 is 31.2 Å². The van der Waals surface area contributed by atoms with Gasteiger partial charge in [0.25, 0.3) is 21.8 Å². The number of carbonyl (C=O) groups excluding carboxylic acids is 2. The van der Waals surface area contributed by atoms with E-state index in [1.807, 2.05) is 71.6 Å². The molecule has 2 amide bonds. The summed E-state index contributed by atoms with van der Waals surface area (Å²) in [5.74, 6) is -0.219. The summed E-state index contributed by atoms with van der Waals surface area (Å²) >= 11 is 3.04. The summed E-state index contributed by atoms with van der Waals surface area (Å²) < 4.78 is 62.4. The number of hydrogen-bond acceptors (Lipinski definition) is 14. The van der Waals surface area contributed by atoms with E-state index in [0.717, 1.165) is 58.2 Å². The SMILES string of the molecule is CS(=O)(=O)c1cc(S(=O)(=O)NC(=O)c2cccc(N3CCc4cccc(C(=O)Nc5nc6ccccc6s5)c4C3)n2)ccc1N[C@H](CCN1CCOCC1)CSc1ccccc1. The van der Waals surface area contributed by atoms with Gasteiger partial charge in [0.1, 0.15) is 11.5 Å². The molecule has 6 aromatic rings. The Labute approximate surface area is 369 Å². The maximum atomic E-state index is 13.7. The first-order chi connectivity index (χ1) is 29.9. The number of carbonyl (C=O) groups is 2. The van der Waals surface area contributed by atoms with Gasteiger partial charge in [-0.2, -0.15) is 0 Å². The molecule has 2 aliphatic heterocycles. The summed E-state index contributed by atoms with van der Waals surface area (Å²) in [6, 6.07) is 31.5. The molecule has 0 spiro atoms. The summed E-state index contributed by atoms with van der Waals surface area (Å²) in [5, 5.41) is 6.84. The Morgan fingerprint density at radius 1 is 0.855 bits per heavy atom. The van der Waals surface area contributed by atoms with Crippen molar-refractivity contribution in [2.24, 2.45) is 0 Å². The molecule has 3 N–H and O–H groups in total. The number of sulfonamides is 1. The fourth-order valence-corrected chi connectivity index (χ4v) is 11.2. The molecule has 322 valence electrons. The quantitative estimate of drug-likeness (QED) is 0.0976. The second kappa shape index (κ2) is 18.9. The van der Waals surface area contributed by atoms with Crippen molar-refractivity contribution in [3.63, 3.8) is 0 Å². The number of ether oxygens (including phenoxy) is 1. The van der Waals surface area contributed by atoms with Crippen LogP contribution in [-0.4, -0.2) is 101 Å². The Hall–Kier alpha value is -5.37. The second-order valence-electron chi connectivity index (χ2n) is 15.0. The lowest BCUT2D eigenvalue weighted by Gasteiger charge is -2.31. The summed E-state index contributed by atoms with van der Waals surface area (Å²) in [6.07, 6.45) is 2.34. The number of sulfone groups is 1. The number of benzene rings is 4. The van der Waals surface area contributed by atoms with E-state index in [1.165, 1.54) is 29.5 Å². The van der Waals surface area contributed by atoms with Gasteiger partial charge in [0, 0.05) is 61.2 Å². The predicted molar refractivity (Wildman–Crippen MR) is 244 cm³/mol. The van der Waals surface area contributed by atoms with Gasteiger partial charge in [0.2, 0.25) is 0 Å². The third-order valence-electron chi connectivity index (χ3n) is 10.7. The fraction of sp³-hybridized carbons (Fsp3) is 0.273. The van der Waals surface area contributed by atoms with Crippen molar-refractivity contribution in [3.05, 3.63) is 132 Å². The van der Waals surface area contributed by atoms with Crippen molar-refractivity contribution in [3.8, 4) is 0 Å². The molecule has 1 saturated heterocycles. The Bertz CT molecular complexity index is 2780. The van der Waals surface area contributed by atoms with Gasteiger partial charge in [0.15, 0.2) is 15.0 Å². The highest BCUT2D eigenvalue weighted by atomic mass is 32.2. The van der Waals surface area contributed by atoms with E-state index in [0.29, 0.717) is 61.4 Å². The number of para-hydroxylation sites is 1. The van der Waals surface area contributed by atoms with Crippen LogP contribution in [0, 0.1) is 0 Å². The van der Waals surface area contributed by atoms with Crippen LogP contribution in [-0.2, 0) is 37.6 Å². The Kier molecular flexibility index (Phi) is 13.2. The number of thioether (sulfide) groups is 1. The molecule has 62 heavy (non-hydrogen) atoms. The smallest absolute Gasteiger partial charge is 0.283 e. The van der Waals surface area contributed by atoms with Crippen molar-refractivity contribution >= 4 is 81.6 Å². The lowest BCUT2D eigenvalue weighted by molar-refractivity contribution is 0.0370. The number of pyridine rings is 1. The molecule has 14 nitrogen and oxygen atoms in total. The van der Waals surface area contributed by atoms with Crippen LogP contribution in [0.4, 0.5) is 16.6 Å². The predicted octanol–water partition coefficient (Wildman–Crippen LogP) is 6.32. The van der Waals surface area contributed by atoms with Crippen molar-refractivity contribution in [2.75, 3.05) is 66.9 Å².